The predicted octanol–water partition coefficient (Wildman–Crippen LogP) is 1.58. The average molecular weight is 282 g/mol. The Morgan fingerprint density at radius 3 is 2.40 bits per heavy atom. The van der Waals surface area contributed by atoms with Crippen LogP contribution in [0.15, 0.2) is 0 Å². The van der Waals surface area contributed by atoms with Crippen LogP contribution in [0.3, 0.4) is 0 Å². The fraction of sp³-hybridized carbons (Fsp3) is 0.867. The van der Waals surface area contributed by atoms with Gasteiger partial charge in [-0.25, -0.2) is 0 Å². The van der Waals surface area contributed by atoms with E-state index >= 15 is 0 Å². The first-order valence-electron chi connectivity index (χ1n) is 7.87. The number of hydrogen-bond acceptors (Lipinski definition) is 3. The number of carbonyl (C=O) groups is 2. The summed E-state index contributed by atoms with van der Waals surface area (Å²) in [5.74, 6) is -0.0158. The number of likely N-dealkylation sites (tertiary alicyclic amines) is 2. The summed E-state index contributed by atoms with van der Waals surface area (Å²) >= 11 is 0. The molecule has 1 N–H and O–H groups in total. The minimum Gasteiger partial charge on any atom is -0.481 e. The Labute approximate surface area is 120 Å². The lowest BCUT2D eigenvalue weighted by atomic mass is 10.0. The molecule has 2 rings (SSSR count). The number of rotatable bonds is 5. The van der Waals surface area contributed by atoms with Crippen LogP contribution in [0.5, 0.6) is 0 Å². The van der Waals surface area contributed by atoms with E-state index in [4.69, 9.17) is 5.11 Å². The molecular weight excluding hydrogens is 256 g/mol. The molecule has 2 aliphatic rings. The summed E-state index contributed by atoms with van der Waals surface area (Å²) in [4.78, 5) is 27.1. The van der Waals surface area contributed by atoms with Crippen molar-refractivity contribution in [2.75, 3.05) is 32.7 Å². The van der Waals surface area contributed by atoms with Gasteiger partial charge in [-0.3, -0.25) is 14.5 Å². The van der Waals surface area contributed by atoms with Gasteiger partial charge in [0.05, 0.1) is 6.54 Å². The molecule has 2 fully saturated rings. The van der Waals surface area contributed by atoms with Crippen molar-refractivity contribution in [2.45, 2.75) is 44.9 Å². The van der Waals surface area contributed by atoms with E-state index in [9.17, 15) is 9.59 Å². The van der Waals surface area contributed by atoms with Crippen molar-refractivity contribution >= 4 is 11.9 Å². The minimum absolute atomic E-state index is 0.249. The third kappa shape index (κ3) is 4.78. The number of hydrogen-bond donors (Lipinski definition) is 1. The Morgan fingerprint density at radius 2 is 1.75 bits per heavy atom. The lowest BCUT2D eigenvalue weighted by molar-refractivity contribution is -0.137. The van der Waals surface area contributed by atoms with Gasteiger partial charge in [-0.2, -0.15) is 0 Å². The van der Waals surface area contributed by atoms with E-state index in [1.54, 1.807) is 0 Å². The highest BCUT2D eigenvalue weighted by molar-refractivity contribution is 5.78. The maximum Gasteiger partial charge on any atom is 0.303 e. The summed E-state index contributed by atoms with van der Waals surface area (Å²) in [5, 5.41) is 8.71. The van der Waals surface area contributed by atoms with Gasteiger partial charge >= 0.3 is 5.97 Å². The Kier molecular flexibility index (Phi) is 5.83. The average Bonchev–Trinajstić information content (AvgIpc) is 2.68. The van der Waals surface area contributed by atoms with Crippen LogP contribution in [0.2, 0.25) is 0 Å². The van der Waals surface area contributed by atoms with E-state index in [0.29, 0.717) is 12.5 Å². The maximum absolute atomic E-state index is 12.3. The fourth-order valence-electron chi connectivity index (χ4n) is 3.23. The topological polar surface area (TPSA) is 60.9 Å². The molecule has 5 nitrogen and oxygen atoms in total. The molecule has 1 atom stereocenters. The Hall–Kier alpha value is -1.10. The highest BCUT2D eigenvalue weighted by atomic mass is 16.4. The zero-order chi connectivity index (χ0) is 14.4. The maximum atomic E-state index is 12.3. The second kappa shape index (κ2) is 7.62. The molecule has 1 amide bonds. The van der Waals surface area contributed by atoms with Crippen LogP contribution in [0.25, 0.3) is 0 Å². The van der Waals surface area contributed by atoms with Crippen LogP contribution < -0.4 is 0 Å². The molecule has 0 bridgehead atoms. The van der Waals surface area contributed by atoms with Gasteiger partial charge in [-0.1, -0.05) is 12.8 Å². The molecule has 2 heterocycles. The highest BCUT2D eigenvalue weighted by Crippen LogP contribution is 2.21. The first-order chi connectivity index (χ1) is 9.65. The standard InChI is InChI=1S/C15H26N2O3/c18-14(17-8-3-1-2-4-9-17)12-16-10-7-13(11-16)5-6-15(19)20/h13H,1-12H2,(H,19,20). The van der Waals surface area contributed by atoms with Crippen LogP contribution in [-0.4, -0.2) is 59.5 Å². The number of nitrogens with zero attached hydrogens (tertiary/aromatic N) is 2. The Morgan fingerprint density at radius 1 is 1.05 bits per heavy atom. The van der Waals surface area contributed by atoms with E-state index < -0.39 is 5.97 Å². The molecule has 1 unspecified atom stereocenters. The lowest BCUT2D eigenvalue weighted by Gasteiger charge is -2.23. The second-order valence-corrected chi connectivity index (χ2v) is 6.12. The van der Waals surface area contributed by atoms with E-state index in [0.717, 1.165) is 51.9 Å². The van der Waals surface area contributed by atoms with E-state index in [-0.39, 0.29) is 12.3 Å². The van der Waals surface area contributed by atoms with Gasteiger partial charge in [0.2, 0.25) is 5.91 Å². The van der Waals surface area contributed by atoms with Crippen molar-refractivity contribution in [3.05, 3.63) is 0 Å². The number of carboxylic acids is 1. The third-order valence-electron chi connectivity index (χ3n) is 4.45. The Balaban J connectivity index is 1.70. The van der Waals surface area contributed by atoms with Crippen LogP contribution >= 0.6 is 0 Å². The van der Waals surface area contributed by atoms with Crippen molar-refractivity contribution in [3.63, 3.8) is 0 Å². The zero-order valence-corrected chi connectivity index (χ0v) is 12.2. The minimum atomic E-state index is -0.718. The first kappa shape index (κ1) is 15.3. The van der Waals surface area contributed by atoms with Gasteiger partial charge < -0.3 is 10.0 Å². The van der Waals surface area contributed by atoms with Crippen LogP contribution in [0.4, 0.5) is 0 Å². The van der Waals surface area contributed by atoms with E-state index in [1.165, 1.54) is 12.8 Å². The Bertz CT molecular complexity index is 338. The molecule has 114 valence electrons. The molecule has 0 saturated carbocycles. The summed E-state index contributed by atoms with van der Waals surface area (Å²) in [6, 6.07) is 0. The van der Waals surface area contributed by atoms with Gasteiger partial charge in [0, 0.05) is 26.1 Å². The van der Waals surface area contributed by atoms with Crippen molar-refractivity contribution in [2.24, 2.45) is 5.92 Å². The van der Waals surface area contributed by atoms with E-state index in [2.05, 4.69) is 4.90 Å². The third-order valence-corrected chi connectivity index (χ3v) is 4.45. The summed E-state index contributed by atoms with van der Waals surface area (Å²) in [6.45, 7) is 4.16. The molecule has 2 saturated heterocycles. The molecule has 0 aromatic carbocycles. The van der Waals surface area contributed by atoms with Gasteiger partial charge in [0.25, 0.3) is 0 Å². The summed E-state index contributed by atoms with van der Waals surface area (Å²) < 4.78 is 0. The van der Waals surface area contributed by atoms with Crippen LogP contribution in [0.1, 0.15) is 44.9 Å². The molecule has 2 aliphatic heterocycles. The summed E-state index contributed by atoms with van der Waals surface area (Å²) in [6.07, 6.45) is 6.76. The quantitative estimate of drug-likeness (QED) is 0.831. The zero-order valence-electron chi connectivity index (χ0n) is 12.2. The largest absolute Gasteiger partial charge is 0.481 e. The summed E-state index contributed by atoms with van der Waals surface area (Å²) in [5.41, 5.74) is 0. The normalized spacial score (nSPS) is 24.6. The van der Waals surface area contributed by atoms with Gasteiger partial charge in [-0.15, -0.1) is 0 Å². The van der Waals surface area contributed by atoms with Crippen molar-refractivity contribution < 1.29 is 14.7 Å². The van der Waals surface area contributed by atoms with Gasteiger partial charge in [-0.05, 0) is 38.1 Å². The van der Waals surface area contributed by atoms with E-state index in [1.807, 2.05) is 4.90 Å². The predicted molar refractivity (Wildman–Crippen MR) is 76.5 cm³/mol. The molecular formula is C15H26N2O3. The molecule has 0 aromatic rings. The number of carboxylic acid groups (broad SMARTS) is 1. The number of carbonyl (C=O) groups excluding carboxylic acids is 1. The molecule has 0 aromatic heterocycles. The molecule has 20 heavy (non-hydrogen) atoms. The fourth-order valence-corrected chi connectivity index (χ4v) is 3.23. The number of aliphatic carboxylic acids is 1. The number of amides is 1. The first-order valence-corrected chi connectivity index (χ1v) is 7.87. The second-order valence-electron chi connectivity index (χ2n) is 6.12. The molecule has 0 radical (unpaired) electrons. The van der Waals surface area contributed by atoms with Crippen molar-refractivity contribution in [1.82, 2.24) is 9.80 Å². The summed E-state index contributed by atoms with van der Waals surface area (Å²) in [7, 11) is 0. The van der Waals surface area contributed by atoms with Gasteiger partial charge in [0.1, 0.15) is 0 Å². The molecule has 0 spiro atoms. The van der Waals surface area contributed by atoms with Crippen molar-refractivity contribution in [3.8, 4) is 0 Å². The highest BCUT2D eigenvalue weighted by Gasteiger charge is 2.26. The lowest BCUT2D eigenvalue weighted by Crippen LogP contribution is -2.40. The SMILES string of the molecule is O=C(O)CCC1CCN(CC(=O)N2CCCCCC2)C1. The monoisotopic (exact) mass is 282 g/mol. The van der Waals surface area contributed by atoms with Gasteiger partial charge in [0.15, 0.2) is 0 Å². The van der Waals surface area contributed by atoms with Crippen LogP contribution in [0, 0.1) is 5.92 Å². The smallest absolute Gasteiger partial charge is 0.303 e. The molecule has 5 heteroatoms. The van der Waals surface area contributed by atoms with Crippen LogP contribution in [-0.2, 0) is 9.59 Å². The van der Waals surface area contributed by atoms with Crippen molar-refractivity contribution in [1.29, 1.82) is 0 Å². The molecule has 0 aliphatic carbocycles.